The largest absolute Gasteiger partial charge is 0.467 e. The number of hydrogen-bond acceptors (Lipinski definition) is 4. The fourth-order valence-electron chi connectivity index (χ4n) is 1.58. The molecule has 0 fully saturated rings. The Morgan fingerprint density at radius 1 is 1.56 bits per heavy atom. The summed E-state index contributed by atoms with van der Waals surface area (Å²) < 4.78 is 4.48. The Morgan fingerprint density at radius 3 is 2.61 bits per heavy atom. The van der Waals surface area contributed by atoms with Crippen molar-refractivity contribution in [1.82, 2.24) is 0 Å². The van der Waals surface area contributed by atoms with Gasteiger partial charge in [-0.05, 0) is 5.56 Å². The van der Waals surface area contributed by atoms with E-state index in [-0.39, 0.29) is 6.42 Å². The van der Waals surface area contributed by atoms with Crippen molar-refractivity contribution >= 4 is 23.9 Å². The molecule has 1 rings (SSSR count). The molecule has 0 radical (unpaired) electrons. The van der Waals surface area contributed by atoms with Crippen LogP contribution in [0.4, 0.5) is 0 Å². The number of carbonyl (C=O) groups is 2. The van der Waals surface area contributed by atoms with E-state index in [0.29, 0.717) is 11.8 Å². The normalized spacial score (nSPS) is 14.9. The molecule has 94 valence electrons. The fourth-order valence-corrected chi connectivity index (χ4v) is 1.83. The molecule has 0 bridgehead atoms. The first-order valence-corrected chi connectivity index (χ1v) is 5.64. The van der Waals surface area contributed by atoms with Gasteiger partial charge in [0, 0.05) is 12.3 Å². The molecule has 1 aromatic carbocycles. The molecule has 0 aromatic heterocycles. The standard InChI is InChI=1S/C13H12ClNO3/c1-18-12(17)13(14,9-15)7-11(8-16)10-5-3-2-4-6-10/h2-6,8,11H,7H2,1H3. The van der Waals surface area contributed by atoms with Gasteiger partial charge in [0.05, 0.1) is 13.2 Å². The van der Waals surface area contributed by atoms with Crippen LogP contribution in [-0.2, 0) is 14.3 Å². The highest BCUT2D eigenvalue weighted by molar-refractivity contribution is 6.36. The lowest BCUT2D eigenvalue weighted by Crippen LogP contribution is -2.34. The lowest BCUT2D eigenvalue weighted by atomic mass is 9.90. The fraction of sp³-hybridized carbons (Fsp3) is 0.308. The molecule has 5 heteroatoms. The van der Waals surface area contributed by atoms with Crippen molar-refractivity contribution in [1.29, 1.82) is 5.26 Å². The molecule has 0 N–H and O–H groups in total. The zero-order valence-corrected chi connectivity index (χ0v) is 10.6. The van der Waals surface area contributed by atoms with E-state index in [2.05, 4.69) is 4.74 Å². The molecule has 2 atom stereocenters. The number of alkyl halides is 1. The quantitative estimate of drug-likeness (QED) is 0.464. The van der Waals surface area contributed by atoms with Gasteiger partial charge in [-0.15, -0.1) is 0 Å². The summed E-state index contributed by atoms with van der Waals surface area (Å²) in [6.45, 7) is 0. The van der Waals surface area contributed by atoms with Crippen LogP contribution in [-0.4, -0.2) is 24.2 Å². The van der Waals surface area contributed by atoms with Gasteiger partial charge in [-0.2, -0.15) is 5.26 Å². The summed E-state index contributed by atoms with van der Waals surface area (Å²) in [5, 5.41) is 8.98. The average molecular weight is 266 g/mol. The Hall–Kier alpha value is -1.86. The summed E-state index contributed by atoms with van der Waals surface area (Å²) in [7, 11) is 1.15. The van der Waals surface area contributed by atoms with Crippen molar-refractivity contribution in [3.8, 4) is 6.07 Å². The van der Waals surface area contributed by atoms with Crippen LogP contribution in [0.25, 0.3) is 0 Å². The minimum Gasteiger partial charge on any atom is -0.467 e. The van der Waals surface area contributed by atoms with Crippen molar-refractivity contribution in [2.24, 2.45) is 0 Å². The SMILES string of the molecule is COC(=O)C(Cl)(C#N)CC(C=O)c1ccccc1. The van der Waals surface area contributed by atoms with Crippen LogP contribution < -0.4 is 0 Å². The third-order valence-corrected chi connectivity index (χ3v) is 2.97. The summed E-state index contributed by atoms with van der Waals surface area (Å²) in [6, 6.07) is 10.5. The molecule has 0 amide bonds. The van der Waals surface area contributed by atoms with Gasteiger partial charge in [-0.25, -0.2) is 4.79 Å². The Labute approximate surface area is 110 Å². The highest BCUT2D eigenvalue weighted by Crippen LogP contribution is 2.30. The zero-order chi connectivity index (χ0) is 13.6. The van der Waals surface area contributed by atoms with Crippen LogP contribution in [0.5, 0.6) is 0 Å². The Bertz CT molecular complexity index is 469. The number of nitrogens with zero attached hydrogens (tertiary/aromatic N) is 1. The van der Waals surface area contributed by atoms with E-state index in [1.807, 2.05) is 6.07 Å². The maximum atomic E-state index is 11.5. The lowest BCUT2D eigenvalue weighted by Gasteiger charge is -2.20. The van der Waals surface area contributed by atoms with Gasteiger partial charge in [0.15, 0.2) is 0 Å². The van der Waals surface area contributed by atoms with Crippen LogP contribution in [0, 0.1) is 11.3 Å². The van der Waals surface area contributed by atoms with Gasteiger partial charge in [-0.1, -0.05) is 41.9 Å². The van der Waals surface area contributed by atoms with Gasteiger partial charge in [0.1, 0.15) is 6.29 Å². The molecule has 0 heterocycles. The van der Waals surface area contributed by atoms with E-state index < -0.39 is 16.8 Å². The number of methoxy groups -OCH3 is 1. The van der Waals surface area contributed by atoms with E-state index in [0.717, 1.165) is 7.11 Å². The third kappa shape index (κ3) is 3.08. The monoisotopic (exact) mass is 265 g/mol. The zero-order valence-electron chi connectivity index (χ0n) is 9.80. The second-order valence-corrected chi connectivity index (χ2v) is 4.41. The number of halogens is 1. The van der Waals surface area contributed by atoms with E-state index in [4.69, 9.17) is 16.9 Å². The molecular weight excluding hydrogens is 254 g/mol. The topological polar surface area (TPSA) is 67.2 Å². The van der Waals surface area contributed by atoms with Crippen molar-refractivity contribution in [3.05, 3.63) is 35.9 Å². The van der Waals surface area contributed by atoms with Gasteiger partial charge in [0.25, 0.3) is 0 Å². The Balaban J connectivity index is 2.96. The smallest absolute Gasteiger partial charge is 0.341 e. The van der Waals surface area contributed by atoms with E-state index in [9.17, 15) is 9.59 Å². The van der Waals surface area contributed by atoms with Crippen molar-refractivity contribution in [2.75, 3.05) is 7.11 Å². The highest BCUT2D eigenvalue weighted by atomic mass is 35.5. The molecule has 0 aliphatic heterocycles. The van der Waals surface area contributed by atoms with Gasteiger partial charge in [0.2, 0.25) is 4.87 Å². The number of aldehydes is 1. The second-order valence-electron chi connectivity index (χ2n) is 3.76. The molecule has 0 saturated carbocycles. The van der Waals surface area contributed by atoms with Crippen molar-refractivity contribution in [2.45, 2.75) is 17.2 Å². The predicted octanol–water partition coefficient (Wildman–Crippen LogP) is 2.03. The summed E-state index contributed by atoms with van der Waals surface area (Å²) in [5.41, 5.74) is 0.705. The summed E-state index contributed by atoms with van der Waals surface area (Å²) in [6.07, 6.45) is 0.554. The molecular formula is C13H12ClNO3. The minimum absolute atomic E-state index is 0.120. The first-order valence-electron chi connectivity index (χ1n) is 5.26. The average Bonchev–Trinajstić information content (AvgIpc) is 2.44. The summed E-state index contributed by atoms with van der Waals surface area (Å²) >= 11 is 5.90. The Morgan fingerprint density at radius 2 is 2.17 bits per heavy atom. The highest BCUT2D eigenvalue weighted by Gasteiger charge is 2.40. The van der Waals surface area contributed by atoms with Crippen LogP contribution in [0.3, 0.4) is 0 Å². The molecule has 0 saturated heterocycles. The van der Waals surface area contributed by atoms with Gasteiger partial charge >= 0.3 is 5.97 Å². The number of ether oxygens (including phenoxy) is 1. The number of carbonyl (C=O) groups excluding carboxylic acids is 2. The number of esters is 1. The first-order chi connectivity index (χ1) is 8.57. The number of nitriles is 1. The molecule has 18 heavy (non-hydrogen) atoms. The number of rotatable bonds is 5. The molecule has 0 spiro atoms. The summed E-state index contributed by atoms with van der Waals surface area (Å²) in [5.74, 6) is -1.48. The second kappa shape index (κ2) is 6.18. The van der Waals surface area contributed by atoms with E-state index in [1.54, 1.807) is 30.3 Å². The van der Waals surface area contributed by atoms with Crippen molar-refractivity contribution < 1.29 is 14.3 Å². The third-order valence-electron chi connectivity index (χ3n) is 2.58. The van der Waals surface area contributed by atoms with E-state index in [1.165, 1.54) is 0 Å². The molecule has 4 nitrogen and oxygen atoms in total. The molecule has 1 aromatic rings. The van der Waals surface area contributed by atoms with Gasteiger partial charge in [-0.3, -0.25) is 0 Å². The van der Waals surface area contributed by atoms with Crippen LogP contribution in [0.1, 0.15) is 17.9 Å². The molecule has 0 aliphatic carbocycles. The molecule has 0 aliphatic rings. The van der Waals surface area contributed by atoms with E-state index >= 15 is 0 Å². The number of benzene rings is 1. The van der Waals surface area contributed by atoms with Crippen molar-refractivity contribution in [3.63, 3.8) is 0 Å². The Kier molecular flexibility index (Phi) is 4.87. The maximum Gasteiger partial charge on any atom is 0.341 e. The van der Waals surface area contributed by atoms with Crippen LogP contribution in [0.2, 0.25) is 0 Å². The van der Waals surface area contributed by atoms with Crippen LogP contribution in [0.15, 0.2) is 30.3 Å². The number of hydrogen-bond donors (Lipinski definition) is 0. The maximum absolute atomic E-state index is 11.5. The summed E-state index contributed by atoms with van der Waals surface area (Å²) in [4.78, 5) is 20.7. The minimum atomic E-state index is -1.84. The first kappa shape index (κ1) is 14.2. The predicted molar refractivity (Wildman–Crippen MR) is 66.1 cm³/mol. The van der Waals surface area contributed by atoms with Gasteiger partial charge < -0.3 is 9.53 Å². The molecule has 2 unspecified atom stereocenters. The lowest BCUT2D eigenvalue weighted by molar-refractivity contribution is -0.142. The van der Waals surface area contributed by atoms with Crippen LogP contribution >= 0.6 is 11.6 Å².